The minimum absolute atomic E-state index is 0.0463. The van der Waals surface area contributed by atoms with Gasteiger partial charge in [-0.1, -0.05) is 0 Å². The van der Waals surface area contributed by atoms with Crippen molar-refractivity contribution in [3.63, 3.8) is 0 Å². The van der Waals surface area contributed by atoms with Gasteiger partial charge in [-0.05, 0) is 13.8 Å². The highest BCUT2D eigenvalue weighted by Gasteiger charge is 2.26. The highest BCUT2D eigenvalue weighted by atomic mass is 16.2. The second-order valence-electron chi connectivity index (χ2n) is 5.96. The Morgan fingerprint density at radius 3 is 3.05 bits per heavy atom. The third-order valence-corrected chi connectivity index (χ3v) is 3.68. The number of amides is 2. The molecule has 1 aliphatic rings. The predicted octanol–water partition coefficient (Wildman–Crippen LogP) is 0.725. The number of carbonyl (C=O) groups is 1. The Bertz CT molecular complexity index is 619. The fourth-order valence-electron chi connectivity index (χ4n) is 2.74. The summed E-state index contributed by atoms with van der Waals surface area (Å²) in [4.78, 5) is 22.6. The van der Waals surface area contributed by atoms with Crippen LogP contribution in [0.25, 0.3) is 0 Å². The fraction of sp³-hybridized carbons (Fsp3) is 0.571. The van der Waals surface area contributed by atoms with Gasteiger partial charge in [-0.2, -0.15) is 5.10 Å². The number of aromatic nitrogens is 5. The minimum atomic E-state index is -0.0463. The van der Waals surface area contributed by atoms with E-state index >= 15 is 0 Å². The number of nitrogens with zero attached hydrogens (tertiary/aromatic N) is 6. The van der Waals surface area contributed by atoms with Crippen LogP contribution in [0.2, 0.25) is 0 Å². The Morgan fingerprint density at radius 1 is 1.45 bits per heavy atom. The Labute approximate surface area is 129 Å². The molecule has 2 amide bonds. The molecule has 1 atom stereocenters. The van der Waals surface area contributed by atoms with Gasteiger partial charge in [0.25, 0.3) is 0 Å². The van der Waals surface area contributed by atoms with E-state index in [-0.39, 0.29) is 18.0 Å². The lowest BCUT2D eigenvalue weighted by Crippen LogP contribution is -2.44. The van der Waals surface area contributed by atoms with E-state index in [1.807, 2.05) is 29.6 Å². The van der Waals surface area contributed by atoms with Crippen molar-refractivity contribution >= 4 is 6.03 Å². The number of hydrogen-bond acceptors (Lipinski definition) is 4. The summed E-state index contributed by atoms with van der Waals surface area (Å²) in [5, 5.41) is 7.12. The fourth-order valence-corrected chi connectivity index (χ4v) is 2.74. The van der Waals surface area contributed by atoms with Gasteiger partial charge in [0.05, 0.1) is 6.54 Å². The highest BCUT2D eigenvalue weighted by molar-refractivity contribution is 5.74. The number of rotatable bonds is 3. The first-order valence-electron chi connectivity index (χ1n) is 7.49. The Kier molecular flexibility index (Phi) is 4.08. The molecule has 0 saturated carbocycles. The van der Waals surface area contributed by atoms with Gasteiger partial charge in [-0.3, -0.25) is 4.68 Å². The van der Waals surface area contributed by atoms with Crippen molar-refractivity contribution in [2.24, 2.45) is 5.92 Å². The zero-order valence-corrected chi connectivity index (χ0v) is 12.9. The summed E-state index contributed by atoms with van der Waals surface area (Å²) in [6.45, 7) is 6.66. The summed E-state index contributed by atoms with van der Waals surface area (Å²) < 4.78 is 3.93. The minimum Gasteiger partial charge on any atom is -0.336 e. The molecule has 1 N–H and O–H groups in total. The third-order valence-electron chi connectivity index (χ3n) is 3.68. The zero-order chi connectivity index (χ0) is 15.5. The highest BCUT2D eigenvalue weighted by Crippen LogP contribution is 2.17. The first-order chi connectivity index (χ1) is 10.6. The molecule has 1 unspecified atom stereocenters. The molecule has 2 aromatic heterocycles. The zero-order valence-electron chi connectivity index (χ0n) is 12.9. The van der Waals surface area contributed by atoms with E-state index in [1.54, 1.807) is 12.5 Å². The van der Waals surface area contributed by atoms with Crippen molar-refractivity contribution in [3.8, 4) is 0 Å². The second-order valence-corrected chi connectivity index (χ2v) is 5.96. The molecular weight excluding hydrogens is 282 g/mol. The van der Waals surface area contributed by atoms with Crippen LogP contribution in [0.3, 0.4) is 0 Å². The van der Waals surface area contributed by atoms with Crippen LogP contribution in [0.15, 0.2) is 25.0 Å². The summed E-state index contributed by atoms with van der Waals surface area (Å²) in [7, 11) is 0. The molecule has 2 aromatic rings. The lowest BCUT2D eigenvalue weighted by atomic mass is 10.1. The number of imidazole rings is 1. The van der Waals surface area contributed by atoms with E-state index in [4.69, 9.17) is 0 Å². The second kappa shape index (κ2) is 6.17. The van der Waals surface area contributed by atoms with Crippen LogP contribution in [-0.4, -0.2) is 47.8 Å². The van der Waals surface area contributed by atoms with Crippen LogP contribution in [0.4, 0.5) is 4.79 Å². The smallest absolute Gasteiger partial charge is 0.318 e. The lowest BCUT2D eigenvalue weighted by molar-refractivity contribution is 0.179. The molecule has 0 fully saturated rings. The van der Waals surface area contributed by atoms with Gasteiger partial charge in [-0.25, -0.2) is 14.8 Å². The topological polar surface area (TPSA) is 80.9 Å². The Morgan fingerprint density at radius 2 is 2.32 bits per heavy atom. The number of carbonyl (C=O) groups excluding carboxylic acids is 1. The van der Waals surface area contributed by atoms with Crippen molar-refractivity contribution < 1.29 is 4.79 Å². The van der Waals surface area contributed by atoms with Gasteiger partial charge < -0.3 is 14.8 Å². The monoisotopic (exact) mass is 303 g/mol. The first kappa shape index (κ1) is 14.6. The van der Waals surface area contributed by atoms with Crippen molar-refractivity contribution in [2.75, 3.05) is 6.54 Å². The summed E-state index contributed by atoms with van der Waals surface area (Å²) in [5.74, 6) is 1.18. The van der Waals surface area contributed by atoms with E-state index in [1.165, 1.54) is 6.33 Å². The molecule has 0 radical (unpaired) electrons. The summed E-state index contributed by atoms with van der Waals surface area (Å²) in [6.07, 6.45) is 6.99. The maximum Gasteiger partial charge on any atom is 0.318 e. The maximum atomic E-state index is 12.4. The van der Waals surface area contributed by atoms with E-state index in [2.05, 4.69) is 25.0 Å². The average molecular weight is 303 g/mol. The van der Waals surface area contributed by atoms with Crippen molar-refractivity contribution in [1.29, 1.82) is 0 Å². The van der Waals surface area contributed by atoms with Crippen LogP contribution in [0.5, 0.6) is 0 Å². The molecule has 22 heavy (non-hydrogen) atoms. The normalized spacial score (nSPS) is 18.1. The quantitative estimate of drug-likeness (QED) is 0.906. The van der Waals surface area contributed by atoms with E-state index in [0.29, 0.717) is 13.1 Å². The third kappa shape index (κ3) is 3.26. The van der Waals surface area contributed by atoms with E-state index in [9.17, 15) is 4.79 Å². The number of hydrogen-bond donors (Lipinski definition) is 1. The number of nitrogens with one attached hydrogen (secondary N) is 1. The number of fused-ring (bicyclic) bond motifs is 1. The van der Waals surface area contributed by atoms with Gasteiger partial charge in [0.15, 0.2) is 0 Å². The van der Waals surface area contributed by atoms with Gasteiger partial charge in [0.2, 0.25) is 0 Å². The molecular formula is C14H21N7O. The van der Waals surface area contributed by atoms with Gasteiger partial charge >= 0.3 is 6.03 Å². The molecule has 3 rings (SSSR count). The van der Waals surface area contributed by atoms with Crippen LogP contribution in [0, 0.1) is 5.92 Å². The van der Waals surface area contributed by atoms with E-state index in [0.717, 1.165) is 18.9 Å². The summed E-state index contributed by atoms with van der Waals surface area (Å²) in [5.41, 5.74) is 0. The Hall–Kier alpha value is -2.38. The average Bonchev–Trinajstić information content (AvgIpc) is 3.07. The first-order valence-corrected chi connectivity index (χ1v) is 7.49. The molecule has 8 nitrogen and oxygen atoms in total. The molecule has 0 spiro atoms. The Balaban J connectivity index is 1.78. The molecule has 3 heterocycles. The standard InChI is InChI=1S/C14H21N7O/c1-11(2)18-14(22)20-6-12(7-21-10-15-9-17-21)5-19-4-3-16-13(19)8-20/h3-4,9-12H,5-8H2,1-2H3,(H,18,22). The predicted molar refractivity (Wildman–Crippen MR) is 79.8 cm³/mol. The van der Waals surface area contributed by atoms with Crippen molar-refractivity contribution in [1.82, 2.24) is 34.5 Å². The van der Waals surface area contributed by atoms with Crippen molar-refractivity contribution in [3.05, 3.63) is 30.9 Å². The molecule has 8 heteroatoms. The largest absolute Gasteiger partial charge is 0.336 e. The molecule has 118 valence electrons. The summed E-state index contributed by atoms with van der Waals surface area (Å²) in [6, 6.07) is 0.0688. The molecule has 0 bridgehead atoms. The van der Waals surface area contributed by atoms with Gasteiger partial charge in [0.1, 0.15) is 18.5 Å². The number of urea groups is 1. The SMILES string of the molecule is CC(C)NC(=O)N1Cc2nccn2CC(Cn2cncn2)C1. The van der Waals surface area contributed by atoms with Crippen LogP contribution >= 0.6 is 0 Å². The molecule has 0 aliphatic carbocycles. The van der Waals surface area contributed by atoms with Crippen LogP contribution in [0.1, 0.15) is 19.7 Å². The summed E-state index contributed by atoms with van der Waals surface area (Å²) >= 11 is 0. The van der Waals surface area contributed by atoms with Crippen LogP contribution in [-0.2, 0) is 19.6 Å². The lowest BCUT2D eigenvalue weighted by Gasteiger charge is -2.25. The molecule has 0 aromatic carbocycles. The van der Waals surface area contributed by atoms with Crippen molar-refractivity contribution in [2.45, 2.75) is 39.5 Å². The van der Waals surface area contributed by atoms with Gasteiger partial charge in [-0.15, -0.1) is 0 Å². The molecule has 0 saturated heterocycles. The van der Waals surface area contributed by atoms with Gasteiger partial charge in [0, 0.05) is 44.0 Å². The van der Waals surface area contributed by atoms with Crippen LogP contribution < -0.4 is 5.32 Å². The van der Waals surface area contributed by atoms with E-state index < -0.39 is 0 Å². The maximum absolute atomic E-state index is 12.4. The molecule has 1 aliphatic heterocycles.